The first-order valence-electron chi connectivity index (χ1n) is 4.97. The van der Waals surface area contributed by atoms with Gasteiger partial charge in [-0.25, -0.2) is 13.1 Å². The van der Waals surface area contributed by atoms with Gasteiger partial charge >= 0.3 is 0 Å². The number of hydrogen-bond acceptors (Lipinski definition) is 4. The molecule has 2 atom stereocenters. The van der Waals surface area contributed by atoms with E-state index in [1.54, 1.807) is 7.11 Å². The van der Waals surface area contributed by atoms with Crippen molar-refractivity contribution >= 4 is 10.0 Å². The molecule has 5 nitrogen and oxygen atoms in total. The Morgan fingerprint density at radius 2 is 2.13 bits per heavy atom. The summed E-state index contributed by atoms with van der Waals surface area (Å²) in [5, 5.41) is 8.59. The van der Waals surface area contributed by atoms with Crippen molar-refractivity contribution in [1.29, 1.82) is 0 Å². The number of hydrogen-bond donors (Lipinski definition) is 2. The second-order valence-corrected chi connectivity index (χ2v) is 6.37. The van der Waals surface area contributed by atoms with Gasteiger partial charge in [0.1, 0.15) is 0 Å². The zero-order chi connectivity index (χ0) is 11.7. The van der Waals surface area contributed by atoms with E-state index < -0.39 is 10.0 Å². The molecule has 2 N–H and O–H groups in total. The maximum absolute atomic E-state index is 11.4. The van der Waals surface area contributed by atoms with E-state index >= 15 is 0 Å². The van der Waals surface area contributed by atoms with Crippen molar-refractivity contribution in [1.82, 2.24) is 4.72 Å². The molecule has 0 aromatic rings. The lowest BCUT2D eigenvalue weighted by Gasteiger charge is -2.50. The van der Waals surface area contributed by atoms with Crippen LogP contribution in [0.4, 0.5) is 0 Å². The predicted molar refractivity (Wildman–Crippen MR) is 57.0 cm³/mol. The van der Waals surface area contributed by atoms with E-state index in [1.807, 2.05) is 13.8 Å². The molecule has 1 rings (SSSR count). The molecule has 0 bridgehead atoms. The van der Waals surface area contributed by atoms with Crippen LogP contribution in [0.1, 0.15) is 20.3 Å². The van der Waals surface area contributed by atoms with Crippen molar-refractivity contribution in [3.8, 4) is 0 Å². The molecule has 90 valence electrons. The monoisotopic (exact) mass is 237 g/mol. The first-order valence-corrected chi connectivity index (χ1v) is 6.62. The number of aliphatic hydroxyl groups is 1. The third-order valence-corrected chi connectivity index (χ3v) is 4.51. The molecule has 0 heterocycles. The Morgan fingerprint density at radius 3 is 2.53 bits per heavy atom. The molecular weight excluding hydrogens is 218 g/mol. The van der Waals surface area contributed by atoms with Gasteiger partial charge in [-0.2, -0.15) is 0 Å². The number of sulfonamides is 1. The van der Waals surface area contributed by atoms with E-state index in [2.05, 4.69) is 4.72 Å². The second-order valence-electron chi connectivity index (χ2n) is 4.49. The van der Waals surface area contributed by atoms with Gasteiger partial charge in [0.05, 0.1) is 18.5 Å². The predicted octanol–water partition coefficient (Wildman–Crippen LogP) is -0.288. The van der Waals surface area contributed by atoms with Crippen LogP contribution in [0.25, 0.3) is 0 Å². The summed E-state index contributed by atoms with van der Waals surface area (Å²) in [5.41, 5.74) is -0.183. The summed E-state index contributed by atoms with van der Waals surface area (Å²) >= 11 is 0. The largest absolute Gasteiger partial charge is 0.395 e. The average molecular weight is 237 g/mol. The van der Waals surface area contributed by atoms with Gasteiger partial charge < -0.3 is 9.84 Å². The number of aliphatic hydroxyl groups excluding tert-OH is 1. The van der Waals surface area contributed by atoms with Gasteiger partial charge in [0.15, 0.2) is 0 Å². The van der Waals surface area contributed by atoms with E-state index in [9.17, 15) is 8.42 Å². The van der Waals surface area contributed by atoms with Gasteiger partial charge in [0, 0.05) is 18.6 Å². The molecule has 0 aliphatic heterocycles. The van der Waals surface area contributed by atoms with Crippen molar-refractivity contribution in [2.75, 3.05) is 19.5 Å². The van der Waals surface area contributed by atoms with Crippen molar-refractivity contribution < 1.29 is 18.3 Å². The fourth-order valence-corrected chi connectivity index (χ4v) is 3.07. The van der Waals surface area contributed by atoms with Crippen LogP contribution in [0.15, 0.2) is 0 Å². The van der Waals surface area contributed by atoms with Crippen molar-refractivity contribution in [3.63, 3.8) is 0 Å². The summed E-state index contributed by atoms with van der Waals surface area (Å²) in [4.78, 5) is 0. The van der Waals surface area contributed by atoms with Crippen LogP contribution in [-0.2, 0) is 14.8 Å². The standard InChI is InChI=1S/C9H19NO4S/c1-9(2)7(6-8(9)14-3)10-15(12,13)5-4-11/h7-8,10-11H,4-6H2,1-3H3. The minimum Gasteiger partial charge on any atom is -0.395 e. The zero-order valence-corrected chi connectivity index (χ0v) is 10.2. The maximum Gasteiger partial charge on any atom is 0.214 e. The Hall–Kier alpha value is -0.170. The number of methoxy groups -OCH3 is 1. The highest BCUT2D eigenvalue weighted by atomic mass is 32.2. The van der Waals surface area contributed by atoms with Gasteiger partial charge in [-0.1, -0.05) is 13.8 Å². The van der Waals surface area contributed by atoms with Crippen LogP contribution in [-0.4, -0.2) is 45.1 Å². The summed E-state index contributed by atoms with van der Waals surface area (Å²) in [7, 11) is -1.72. The van der Waals surface area contributed by atoms with E-state index in [1.165, 1.54) is 0 Å². The lowest BCUT2D eigenvalue weighted by atomic mass is 9.65. The van der Waals surface area contributed by atoms with Crippen LogP contribution in [0.5, 0.6) is 0 Å². The topological polar surface area (TPSA) is 75.6 Å². The molecular formula is C9H19NO4S. The van der Waals surface area contributed by atoms with Crippen LogP contribution in [0, 0.1) is 5.41 Å². The summed E-state index contributed by atoms with van der Waals surface area (Å²) in [5.74, 6) is -0.239. The maximum atomic E-state index is 11.4. The normalized spacial score (nSPS) is 29.9. The van der Waals surface area contributed by atoms with Crippen LogP contribution in [0.3, 0.4) is 0 Å². The van der Waals surface area contributed by atoms with E-state index in [0.29, 0.717) is 6.42 Å². The zero-order valence-electron chi connectivity index (χ0n) is 9.36. The van der Waals surface area contributed by atoms with Gasteiger partial charge in [0.25, 0.3) is 0 Å². The molecule has 1 saturated carbocycles. The van der Waals surface area contributed by atoms with Gasteiger partial charge in [-0.3, -0.25) is 0 Å². The summed E-state index contributed by atoms with van der Waals surface area (Å²) in [6.07, 6.45) is 0.785. The average Bonchev–Trinajstić information content (AvgIpc) is 2.11. The Balaban J connectivity index is 2.56. The highest BCUT2D eigenvalue weighted by Crippen LogP contribution is 2.42. The SMILES string of the molecule is COC1CC(NS(=O)(=O)CCO)C1(C)C. The molecule has 0 saturated heterocycles. The molecule has 1 aliphatic rings. The van der Waals surface area contributed by atoms with Gasteiger partial charge in [-0.15, -0.1) is 0 Å². The number of ether oxygens (including phenoxy) is 1. The van der Waals surface area contributed by atoms with E-state index in [-0.39, 0.29) is 29.9 Å². The van der Waals surface area contributed by atoms with Crippen LogP contribution >= 0.6 is 0 Å². The molecule has 0 aromatic carbocycles. The number of nitrogens with one attached hydrogen (secondary N) is 1. The number of rotatable bonds is 5. The minimum atomic E-state index is -3.35. The van der Waals surface area contributed by atoms with E-state index in [0.717, 1.165) is 0 Å². The lowest BCUT2D eigenvalue weighted by molar-refractivity contribution is -0.0908. The van der Waals surface area contributed by atoms with Gasteiger partial charge in [0.2, 0.25) is 10.0 Å². The molecule has 1 aliphatic carbocycles. The van der Waals surface area contributed by atoms with Crippen molar-refractivity contribution in [2.45, 2.75) is 32.4 Å². The summed E-state index contributed by atoms with van der Waals surface area (Å²) in [6.45, 7) is 3.59. The Labute approximate surface area is 90.9 Å². The first kappa shape index (κ1) is 12.9. The van der Waals surface area contributed by atoms with Crippen molar-refractivity contribution in [2.24, 2.45) is 5.41 Å². The second kappa shape index (κ2) is 4.37. The minimum absolute atomic E-state index is 0.0966. The van der Waals surface area contributed by atoms with Gasteiger partial charge in [-0.05, 0) is 6.42 Å². The molecule has 6 heteroatoms. The fraction of sp³-hybridized carbons (Fsp3) is 1.00. The quantitative estimate of drug-likeness (QED) is 0.689. The third-order valence-electron chi connectivity index (χ3n) is 3.14. The lowest BCUT2D eigenvalue weighted by Crippen LogP contribution is -2.62. The molecule has 0 amide bonds. The Morgan fingerprint density at radius 1 is 1.53 bits per heavy atom. The molecule has 2 unspecified atom stereocenters. The van der Waals surface area contributed by atoms with Crippen LogP contribution < -0.4 is 4.72 Å². The van der Waals surface area contributed by atoms with Crippen molar-refractivity contribution in [3.05, 3.63) is 0 Å². The Kier molecular flexibility index (Phi) is 3.76. The van der Waals surface area contributed by atoms with Crippen LogP contribution in [0.2, 0.25) is 0 Å². The molecule has 1 fully saturated rings. The molecule has 0 aromatic heterocycles. The smallest absolute Gasteiger partial charge is 0.214 e. The Bertz CT molecular complexity index is 312. The summed E-state index contributed by atoms with van der Waals surface area (Å²) in [6, 6.07) is -0.0981. The fourth-order valence-electron chi connectivity index (χ4n) is 1.88. The highest BCUT2D eigenvalue weighted by molar-refractivity contribution is 7.89. The van der Waals surface area contributed by atoms with E-state index in [4.69, 9.17) is 9.84 Å². The molecule has 15 heavy (non-hydrogen) atoms. The third kappa shape index (κ3) is 2.69. The first-order chi connectivity index (χ1) is 6.83. The highest BCUT2D eigenvalue weighted by Gasteiger charge is 2.49. The summed E-state index contributed by atoms with van der Waals surface area (Å²) < 4.78 is 30.6. The molecule has 0 radical (unpaired) electrons. The molecule has 0 spiro atoms.